The molecule has 1 unspecified atom stereocenters. The molecule has 0 aliphatic carbocycles. The highest BCUT2D eigenvalue weighted by atomic mass is 16.5. The van der Waals surface area contributed by atoms with E-state index in [1.807, 2.05) is 13.8 Å². The monoisotopic (exact) mass is 295 g/mol. The van der Waals surface area contributed by atoms with Gasteiger partial charge in [-0.2, -0.15) is 0 Å². The smallest absolute Gasteiger partial charge is 0.321 e. The van der Waals surface area contributed by atoms with Crippen LogP contribution in [0.15, 0.2) is 18.3 Å². The van der Waals surface area contributed by atoms with Crippen LogP contribution in [0, 0.1) is 5.92 Å². The molecule has 0 saturated heterocycles. The second-order valence-electron chi connectivity index (χ2n) is 5.07. The quantitative estimate of drug-likeness (QED) is 0.838. The average molecular weight is 295 g/mol. The molecule has 0 fully saturated rings. The van der Waals surface area contributed by atoms with Crippen molar-refractivity contribution < 1.29 is 19.4 Å². The number of carbonyl (C=O) groups excluding carboxylic acids is 1. The van der Waals surface area contributed by atoms with Gasteiger partial charge in [0.05, 0.1) is 12.0 Å². The summed E-state index contributed by atoms with van der Waals surface area (Å²) in [5.41, 5.74) is 0.450. The van der Waals surface area contributed by atoms with Crippen LogP contribution in [0.25, 0.3) is 0 Å². The van der Waals surface area contributed by atoms with Gasteiger partial charge in [0.25, 0.3) is 0 Å². The predicted octanol–water partition coefficient (Wildman–Crippen LogP) is 2.05. The van der Waals surface area contributed by atoms with Crippen molar-refractivity contribution >= 4 is 17.7 Å². The van der Waals surface area contributed by atoms with Crippen LogP contribution in [0.4, 0.5) is 10.5 Å². The van der Waals surface area contributed by atoms with E-state index in [0.717, 1.165) is 0 Å². The lowest BCUT2D eigenvalue weighted by Gasteiger charge is -2.21. The molecular weight excluding hydrogens is 274 g/mol. The van der Waals surface area contributed by atoms with Crippen molar-refractivity contribution in [1.29, 1.82) is 0 Å². The first-order valence-corrected chi connectivity index (χ1v) is 6.67. The zero-order valence-electron chi connectivity index (χ0n) is 12.7. The Morgan fingerprint density at radius 2 is 2.10 bits per heavy atom. The fourth-order valence-corrected chi connectivity index (χ4v) is 1.59. The van der Waals surface area contributed by atoms with Crippen LogP contribution in [0.3, 0.4) is 0 Å². The van der Waals surface area contributed by atoms with Crippen LogP contribution in [0.2, 0.25) is 0 Å². The summed E-state index contributed by atoms with van der Waals surface area (Å²) in [4.78, 5) is 28.2. The largest absolute Gasteiger partial charge is 0.481 e. The minimum atomic E-state index is -0.945. The van der Waals surface area contributed by atoms with Gasteiger partial charge in [-0.3, -0.25) is 4.79 Å². The van der Waals surface area contributed by atoms with E-state index in [0.29, 0.717) is 11.6 Å². The van der Waals surface area contributed by atoms with E-state index in [2.05, 4.69) is 10.3 Å². The Balaban J connectivity index is 2.72. The second-order valence-corrected chi connectivity index (χ2v) is 5.07. The highest BCUT2D eigenvalue weighted by Gasteiger charge is 2.18. The maximum Gasteiger partial charge on any atom is 0.321 e. The van der Waals surface area contributed by atoms with Gasteiger partial charge in [-0.15, -0.1) is 0 Å². The molecule has 7 nitrogen and oxygen atoms in total. The number of carboxylic acids is 1. The number of ether oxygens (including phenoxy) is 1. The minimum Gasteiger partial charge on any atom is -0.481 e. The van der Waals surface area contributed by atoms with E-state index in [-0.39, 0.29) is 12.6 Å². The standard InChI is InChI=1S/C14H21N3O4/c1-9(2)21-12-11(6-5-7-15-12)16-14(20)17(4)8-10(3)13(18)19/h5-7,9-10H,8H2,1-4H3,(H,16,20)(H,18,19). The molecule has 2 N–H and O–H groups in total. The number of pyridine rings is 1. The molecule has 116 valence electrons. The van der Waals surface area contributed by atoms with Crippen LogP contribution in [0.1, 0.15) is 20.8 Å². The third-order valence-corrected chi connectivity index (χ3v) is 2.68. The van der Waals surface area contributed by atoms with Crippen molar-refractivity contribution in [2.75, 3.05) is 18.9 Å². The summed E-state index contributed by atoms with van der Waals surface area (Å²) in [6.07, 6.45) is 1.50. The topological polar surface area (TPSA) is 91.8 Å². The van der Waals surface area contributed by atoms with E-state index in [9.17, 15) is 9.59 Å². The van der Waals surface area contributed by atoms with Gasteiger partial charge in [-0.25, -0.2) is 9.78 Å². The van der Waals surface area contributed by atoms with Crippen LogP contribution in [-0.2, 0) is 4.79 Å². The van der Waals surface area contributed by atoms with Gasteiger partial charge in [-0.1, -0.05) is 6.92 Å². The number of nitrogens with one attached hydrogen (secondary N) is 1. The number of carbonyl (C=O) groups is 2. The lowest BCUT2D eigenvalue weighted by molar-refractivity contribution is -0.141. The van der Waals surface area contributed by atoms with Gasteiger partial charge in [-0.05, 0) is 26.0 Å². The third kappa shape index (κ3) is 5.29. The predicted molar refractivity (Wildman–Crippen MR) is 78.4 cm³/mol. The lowest BCUT2D eigenvalue weighted by Crippen LogP contribution is -2.36. The molecule has 1 aromatic rings. The first-order chi connectivity index (χ1) is 9.81. The van der Waals surface area contributed by atoms with Crippen LogP contribution in [-0.4, -0.2) is 46.7 Å². The van der Waals surface area contributed by atoms with Gasteiger partial charge >= 0.3 is 12.0 Å². The summed E-state index contributed by atoms with van der Waals surface area (Å²) < 4.78 is 5.51. The van der Waals surface area contributed by atoms with Crippen molar-refractivity contribution in [3.05, 3.63) is 18.3 Å². The molecule has 7 heteroatoms. The third-order valence-electron chi connectivity index (χ3n) is 2.68. The van der Waals surface area contributed by atoms with Crippen molar-refractivity contribution in [1.82, 2.24) is 9.88 Å². The molecule has 1 heterocycles. The van der Waals surface area contributed by atoms with Gasteiger partial charge in [0.2, 0.25) is 5.88 Å². The molecular formula is C14H21N3O4. The molecule has 2 amide bonds. The minimum absolute atomic E-state index is 0.0692. The van der Waals surface area contributed by atoms with E-state index in [1.54, 1.807) is 25.3 Å². The lowest BCUT2D eigenvalue weighted by atomic mass is 10.2. The van der Waals surface area contributed by atoms with Crippen LogP contribution >= 0.6 is 0 Å². The molecule has 0 radical (unpaired) electrons. The van der Waals surface area contributed by atoms with Gasteiger partial charge < -0.3 is 20.1 Å². The number of anilines is 1. The molecule has 1 atom stereocenters. The highest BCUT2D eigenvalue weighted by Crippen LogP contribution is 2.22. The molecule has 0 aliphatic rings. The second kappa shape index (κ2) is 7.47. The van der Waals surface area contributed by atoms with E-state index < -0.39 is 17.9 Å². The number of nitrogens with zero attached hydrogens (tertiary/aromatic N) is 2. The number of hydrogen-bond donors (Lipinski definition) is 2. The van der Waals surface area contributed by atoms with E-state index >= 15 is 0 Å². The normalized spacial score (nSPS) is 11.9. The van der Waals surface area contributed by atoms with Crippen molar-refractivity contribution in [3.63, 3.8) is 0 Å². The molecule has 1 aromatic heterocycles. The summed E-state index contributed by atoms with van der Waals surface area (Å²) >= 11 is 0. The number of aromatic nitrogens is 1. The summed E-state index contributed by atoms with van der Waals surface area (Å²) in [7, 11) is 1.54. The fraction of sp³-hybridized carbons (Fsp3) is 0.500. The van der Waals surface area contributed by atoms with Gasteiger partial charge in [0.1, 0.15) is 5.69 Å². The fourth-order valence-electron chi connectivity index (χ4n) is 1.59. The van der Waals surface area contributed by atoms with Crippen molar-refractivity contribution in [2.45, 2.75) is 26.9 Å². The summed E-state index contributed by atoms with van der Waals surface area (Å²) in [5, 5.41) is 11.5. The van der Waals surface area contributed by atoms with Crippen molar-refractivity contribution in [2.24, 2.45) is 5.92 Å². The number of carboxylic acid groups (broad SMARTS) is 1. The zero-order chi connectivity index (χ0) is 16.0. The summed E-state index contributed by atoms with van der Waals surface area (Å²) in [6, 6.07) is 2.95. The molecule has 0 aromatic carbocycles. The maximum atomic E-state index is 12.0. The Hall–Kier alpha value is -2.31. The average Bonchev–Trinajstić information content (AvgIpc) is 2.40. The molecule has 0 spiro atoms. The number of rotatable bonds is 6. The number of urea groups is 1. The molecule has 21 heavy (non-hydrogen) atoms. The first-order valence-electron chi connectivity index (χ1n) is 6.67. The Labute approximate surface area is 123 Å². The number of aliphatic carboxylic acids is 1. The number of hydrogen-bond acceptors (Lipinski definition) is 4. The Kier molecular flexibility index (Phi) is 5.95. The summed E-state index contributed by atoms with van der Waals surface area (Å²) in [6.45, 7) is 5.38. The van der Waals surface area contributed by atoms with Crippen molar-refractivity contribution in [3.8, 4) is 5.88 Å². The Morgan fingerprint density at radius 1 is 1.43 bits per heavy atom. The van der Waals surface area contributed by atoms with Crippen LogP contribution in [0.5, 0.6) is 5.88 Å². The number of amides is 2. The Morgan fingerprint density at radius 3 is 2.67 bits per heavy atom. The molecule has 1 rings (SSSR count). The van der Waals surface area contributed by atoms with E-state index in [1.165, 1.54) is 11.9 Å². The molecule has 0 saturated carbocycles. The maximum absolute atomic E-state index is 12.0. The molecule has 0 bridgehead atoms. The first kappa shape index (κ1) is 16.7. The van der Waals surface area contributed by atoms with E-state index in [4.69, 9.17) is 9.84 Å². The van der Waals surface area contributed by atoms with Gasteiger partial charge in [0.15, 0.2) is 0 Å². The van der Waals surface area contributed by atoms with Crippen LogP contribution < -0.4 is 10.1 Å². The summed E-state index contributed by atoms with van der Waals surface area (Å²) in [5.74, 6) is -1.25. The highest BCUT2D eigenvalue weighted by molar-refractivity contribution is 5.90. The molecule has 0 aliphatic heterocycles. The van der Waals surface area contributed by atoms with Gasteiger partial charge in [0, 0.05) is 19.8 Å². The SMILES string of the molecule is CC(C)Oc1ncccc1NC(=O)N(C)CC(C)C(=O)O. The Bertz CT molecular complexity index is 505. The zero-order valence-corrected chi connectivity index (χ0v) is 12.7.